The SMILES string of the molecule is CCCCCN1CCC(N2CCCCC2)CC1. The number of unbranched alkanes of at least 4 members (excludes halogenated alkanes) is 2. The van der Waals surface area contributed by atoms with Crippen molar-refractivity contribution in [3.63, 3.8) is 0 Å². The van der Waals surface area contributed by atoms with Crippen molar-refractivity contribution in [3.8, 4) is 0 Å². The second-order valence-corrected chi connectivity index (χ2v) is 5.88. The van der Waals surface area contributed by atoms with Gasteiger partial charge < -0.3 is 9.80 Å². The van der Waals surface area contributed by atoms with Crippen molar-refractivity contribution in [3.05, 3.63) is 0 Å². The van der Waals surface area contributed by atoms with E-state index in [2.05, 4.69) is 16.7 Å². The summed E-state index contributed by atoms with van der Waals surface area (Å²) < 4.78 is 0. The lowest BCUT2D eigenvalue weighted by molar-refractivity contribution is 0.0919. The van der Waals surface area contributed by atoms with E-state index in [0.29, 0.717) is 0 Å². The third-order valence-electron chi connectivity index (χ3n) is 4.54. The van der Waals surface area contributed by atoms with E-state index in [1.54, 1.807) is 0 Å². The predicted molar refractivity (Wildman–Crippen MR) is 74.4 cm³/mol. The zero-order valence-corrected chi connectivity index (χ0v) is 11.7. The van der Waals surface area contributed by atoms with Gasteiger partial charge in [-0.1, -0.05) is 26.2 Å². The van der Waals surface area contributed by atoms with Crippen LogP contribution in [0.1, 0.15) is 58.3 Å². The minimum Gasteiger partial charge on any atom is -0.303 e. The highest BCUT2D eigenvalue weighted by molar-refractivity contribution is 4.81. The van der Waals surface area contributed by atoms with Gasteiger partial charge in [-0.2, -0.15) is 0 Å². The molecule has 2 saturated heterocycles. The van der Waals surface area contributed by atoms with Crippen LogP contribution in [-0.2, 0) is 0 Å². The van der Waals surface area contributed by atoms with Gasteiger partial charge in [-0.15, -0.1) is 0 Å². The van der Waals surface area contributed by atoms with E-state index >= 15 is 0 Å². The predicted octanol–water partition coefficient (Wildman–Crippen LogP) is 3.13. The Morgan fingerprint density at radius 3 is 2.24 bits per heavy atom. The molecule has 2 rings (SSSR count). The minimum absolute atomic E-state index is 0.915. The van der Waals surface area contributed by atoms with Crippen LogP contribution in [0, 0.1) is 0 Å². The Kier molecular flexibility index (Phi) is 5.79. The van der Waals surface area contributed by atoms with Crippen molar-refractivity contribution < 1.29 is 0 Å². The smallest absolute Gasteiger partial charge is 0.0120 e. The quantitative estimate of drug-likeness (QED) is 0.679. The highest BCUT2D eigenvalue weighted by atomic mass is 15.2. The topological polar surface area (TPSA) is 6.48 Å². The van der Waals surface area contributed by atoms with Gasteiger partial charge >= 0.3 is 0 Å². The molecule has 0 atom stereocenters. The van der Waals surface area contributed by atoms with Crippen LogP contribution in [0.15, 0.2) is 0 Å². The zero-order chi connectivity index (χ0) is 11.9. The maximum atomic E-state index is 2.77. The van der Waals surface area contributed by atoms with E-state index < -0.39 is 0 Å². The molecule has 0 aromatic rings. The lowest BCUT2D eigenvalue weighted by atomic mass is 10.00. The summed E-state index contributed by atoms with van der Waals surface area (Å²) in [5.41, 5.74) is 0. The van der Waals surface area contributed by atoms with Crippen LogP contribution in [0.4, 0.5) is 0 Å². The fourth-order valence-corrected chi connectivity index (χ4v) is 3.38. The van der Waals surface area contributed by atoms with Crippen LogP contribution in [0.25, 0.3) is 0 Å². The molecule has 0 radical (unpaired) electrons. The molecule has 2 nitrogen and oxygen atoms in total. The third-order valence-corrected chi connectivity index (χ3v) is 4.54. The molecular weight excluding hydrogens is 208 g/mol. The van der Waals surface area contributed by atoms with Crippen molar-refractivity contribution in [2.45, 2.75) is 64.3 Å². The molecule has 0 unspecified atom stereocenters. The fraction of sp³-hybridized carbons (Fsp3) is 1.00. The summed E-state index contributed by atoms with van der Waals surface area (Å²) in [6.07, 6.45) is 11.4. The first kappa shape index (κ1) is 13.4. The molecule has 0 aliphatic carbocycles. The number of piperidine rings is 2. The van der Waals surface area contributed by atoms with Crippen LogP contribution in [0.5, 0.6) is 0 Å². The van der Waals surface area contributed by atoms with Gasteiger partial charge in [0.05, 0.1) is 0 Å². The molecule has 0 saturated carbocycles. The van der Waals surface area contributed by atoms with E-state index in [-0.39, 0.29) is 0 Å². The largest absolute Gasteiger partial charge is 0.303 e. The molecular formula is C15H30N2. The third kappa shape index (κ3) is 4.26. The summed E-state index contributed by atoms with van der Waals surface area (Å²) in [5, 5.41) is 0. The Labute approximate surface area is 107 Å². The molecule has 2 aliphatic rings. The number of hydrogen-bond acceptors (Lipinski definition) is 2. The Morgan fingerprint density at radius 2 is 1.59 bits per heavy atom. The molecule has 0 spiro atoms. The molecule has 0 N–H and O–H groups in total. The summed E-state index contributed by atoms with van der Waals surface area (Å²) >= 11 is 0. The van der Waals surface area contributed by atoms with Gasteiger partial charge in [0, 0.05) is 6.04 Å². The molecule has 0 aromatic heterocycles. The van der Waals surface area contributed by atoms with Gasteiger partial charge in [-0.05, 0) is 64.8 Å². The molecule has 0 aromatic carbocycles. The van der Waals surface area contributed by atoms with Crippen molar-refractivity contribution >= 4 is 0 Å². The van der Waals surface area contributed by atoms with Gasteiger partial charge in [0.1, 0.15) is 0 Å². The molecule has 100 valence electrons. The van der Waals surface area contributed by atoms with Crippen molar-refractivity contribution in [2.24, 2.45) is 0 Å². The first-order valence-corrected chi connectivity index (χ1v) is 7.86. The molecule has 2 heteroatoms. The number of rotatable bonds is 5. The van der Waals surface area contributed by atoms with Crippen molar-refractivity contribution in [2.75, 3.05) is 32.7 Å². The van der Waals surface area contributed by atoms with Gasteiger partial charge in [-0.25, -0.2) is 0 Å². The fourth-order valence-electron chi connectivity index (χ4n) is 3.38. The molecule has 0 bridgehead atoms. The monoisotopic (exact) mass is 238 g/mol. The number of hydrogen-bond donors (Lipinski definition) is 0. The summed E-state index contributed by atoms with van der Waals surface area (Å²) in [6, 6.07) is 0.915. The average molecular weight is 238 g/mol. The Bertz CT molecular complexity index is 191. The van der Waals surface area contributed by atoms with E-state index in [1.165, 1.54) is 84.1 Å². The van der Waals surface area contributed by atoms with Gasteiger partial charge in [0.2, 0.25) is 0 Å². The zero-order valence-electron chi connectivity index (χ0n) is 11.7. The summed E-state index contributed by atoms with van der Waals surface area (Å²) in [4.78, 5) is 5.46. The second kappa shape index (κ2) is 7.38. The standard InChI is InChI=1S/C15H30N2/c1-2-3-5-10-16-13-8-15(9-14-16)17-11-6-4-7-12-17/h15H,2-14H2,1H3. The molecule has 17 heavy (non-hydrogen) atoms. The maximum Gasteiger partial charge on any atom is 0.0120 e. The maximum absolute atomic E-state index is 2.77. The van der Waals surface area contributed by atoms with E-state index in [1.807, 2.05) is 0 Å². The van der Waals surface area contributed by atoms with E-state index in [4.69, 9.17) is 0 Å². The van der Waals surface area contributed by atoms with Crippen LogP contribution >= 0.6 is 0 Å². The Balaban J connectivity index is 1.63. The lowest BCUT2D eigenvalue weighted by Crippen LogP contribution is -2.46. The van der Waals surface area contributed by atoms with E-state index in [0.717, 1.165) is 6.04 Å². The highest BCUT2D eigenvalue weighted by Gasteiger charge is 2.24. The lowest BCUT2D eigenvalue weighted by Gasteiger charge is -2.40. The first-order chi connectivity index (χ1) is 8.40. The molecule has 2 heterocycles. The normalized spacial score (nSPS) is 25.2. The Morgan fingerprint density at radius 1 is 0.882 bits per heavy atom. The van der Waals surface area contributed by atoms with Crippen LogP contribution < -0.4 is 0 Å². The number of likely N-dealkylation sites (tertiary alicyclic amines) is 2. The Hall–Kier alpha value is -0.0800. The summed E-state index contributed by atoms with van der Waals surface area (Å²) in [6.45, 7) is 9.10. The highest BCUT2D eigenvalue weighted by Crippen LogP contribution is 2.20. The molecule has 2 fully saturated rings. The minimum atomic E-state index is 0.915. The average Bonchev–Trinajstić information content (AvgIpc) is 2.41. The summed E-state index contributed by atoms with van der Waals surface area (Å²) in [7, 11) is 0. The first-order valence-electron chi connectivity index (χ1n) is 7.86. The second-order valence-electron chi connectivity index (χ2n) is 5.88. The van der Waals surface area contributed by atoms with Crippen molar-refractivity contribution in [1.82, 2.24) is 9.80 Å². The van der Waals surface area contributed by atoms with Crippen molar-refractivity contribution in [1.29, 1.82) is 0 Å². The van der Waals surface area contributed by atoms with Crippen LogP contribution in [-0.4, -0.2) is 48.6 Å². The van der Waals surface area contributed by atoms with Crippen LogP contribution in [0.2, 0.25) is 0 Å². The van der Waals surface area contributed by atoms with E-state index in [9.17, 15) is 0 Å². The molecule has 0 amide bonds. The van der Waals surface area contributed by atoms with Crippen LogP contribution in [0.3, 0.4) is 0 Å². The number of nitrogens with zero attached hydrogens (tertiary/aromatic N) is 2. The van der Waals surface area contributed by atoms with Gasteiger partial charge in [0.25, 0.3) is 0 Å². The molecule has 2 aliphatic heterocycles. The summed E-state index contributed by atoms with van der Waals surface area (Å²) in [5.74, 6) is 0. The van der Waals surface area contributed by atoms with Gasteiger partial charge in [-0.3, -0.25) is 0 Å². The van der Waals surface area contributed by atoms with Gasteiger partial charge in [0.15, 0.2) is 0 Å².